The molecule has 0 saturated carbocycles. The van der Waals surface area contributed by atoms with Gasteiger partial charge in [0.15, 0.2) is 10.9 Å². The Morgan fingerprint density at radius 1 is 1.28 bits per heavy atom. The number of nitrogens with one attached hydrogen (secondary N) is 1. The molecule has 3 rings (SSSR count). The summed E-state index contributed by atoms with van der Waals surface area (Å²) in [4.78, 5) is 41.3. The molecule has 29 heavy (non-hydrogen) atoms. The molecule has 0 aliphatic rings. The van der Waals surface area contributed by atoms with Crippen LogP contribution in [0.15, 0.2) is 39.7 Å². The van der Waals surface area contributed by atoms with Crippen LogP contribution in [0.5, 0.6) is 0 Å². The molecule has 10 heteroatoms. The third-order valence-electron chi connectivity index (χ3n) is 3.82. The van der Waals surface area contributed by atoms with Gasteiger partial charge in [-0.25, -0.2) is 14.5 Å². The lowest BCUT2D eigenvalue weighted by Gasteiger charge is -2.05. The fourth-order valence-corrected chi connectivity index (χ4v) is 3.50. The normalized spacial score (nSPS) is 10.7. The summed E-state index contributed by atoms with van der Waals surface area (Å²) >= 11 is 1.05. The number of carbonyl (C=O) groups excluding carboxylic acids is 2. The largest absolute Gasteiger partial charge is 0.463 e. The van der Waals surface area contributed by atoms with Crippen molar-refractivity contribution in [2.75, 3.05) is 11.9 Å². The zero-order valence-electron chi connectivity index (χ0n) is 16.0. The number of esters is 1. The first-order valence-electron chi connectivity index (χ1n) is 9.10. The Labute approximate surface area is 170 Å². The summed E-state index contributed by atoms with van der Waals surface area (Å²) in [5.74, 6) is -0.455. The van der Waals surface area contributed by atoms with Crippen molar-refractivity contribution in [2.45, 2.75) is 33.2 Å². The second-order valence-corrected chi connectivity index (χ2v) is 7.00. The van der Waals surface area contributed by atoms with Crippen LogP contribution in [-0.4, -0.2) is 33.2 Å². The van der Waals surface area contributed by atoms with E-state index in [0.29, 0.717) is 28.4 Å². The minimum Gasteiger partial charge on any atom is -0.463 e. The lowest BCUT2D eigenvalue weighted by atomic mass is 10.2. The van der Waals surface area contributed by atoms with Gasteiger partial charge in [-0.05, 0) is 31.5 Å². The number of hydrogen-bond donors (Lipinski definition) is 1. The highest BCUT2D eigenvalue weighted by Gasteiger charge is 2.20. The number of aromatic nitrogens is 3. The van der Waals surface area contributed by atoms with E-state index in [1.54, 1.807) is 19.1 Å². The fourth-order valence-electron chi connectivity index (χ4n) is 2.58. The number of thiazole rings is 1. The van der Waals surface area contributed by atoms with Gasteiger partial charge in [0.25, 0.3) is 5.56 Å². The first kappa shape index (κ1) is 20.5. The van der Waals surface area contributed by atoms with Crippen LogP contribution >= 0.6 is 11.3 Å². The van der Waals surface area contributed by atoms with Gasteiger partial charge in [0.2, 0.25) is 5.91 Å². The quantitative estimate of drug-likeness (QED) is 0.561. The highest BCUT2D eigenvalue weighted by Crippen LogP contribution is 2.25. The molecule has 3 heterocycles. The summed E-state index contributed by atoms with van der Waals surface area (Å²) in [5.41, 5.74) is 0.598. The Morgan fingerprint density at radius 3 is 2.79 bits per heavy atom. The maximum absolute atomic E-state index is 12.4. The van der Waals surface area contributed by atoms with Crippen LogP contribution in [0.1, 0.15) is 35.6 Å². The SMILES string of the molecule is CCCc1nc(NC(=O)Cn2nc(-c3ccco3)ccc2=O)sc1C(=O)OCC. The summed E-state index contributed by atoms with van der Waals surface area (Å²) in [6.07, 6.45) is 2.88. The van der Waals surface area contributed by atoms with Gasteiger partial charge in [0.1, 0.15) is 17.1 Å². The molecule has 0 saturated heterocycles. The highest BCUT2D eigenvalue weighted by atomic mass is 32.1. The predicted octanol–water partition coefficient (Wildman–Crippen LogP) is 2.73. The maximum atomic E-state index is 12.4. The van der Waals surface area contributed by atoms with Crippen molar-refractivity contribution in [3.63, 3.8) is 0 Å². The average molecular weight is 416 g/mol. The van der Waals surface area contributed by atoms with E-state index in [1.807, 2.05) is 6.92 Å². The third-order valence-corrected chi connectivity index (χ3v) is 4.82. The van der Waals surface area contributed by atoms with Crippen molar-refractivity contribution < 1.29 is 18.7 Å². The van der Waals surface area contributed by atoms with Gasteiger partial charge in [-0.1, -0.05) is 24.7 Å². The van der Waals surface area contributed by atoms with Crippen molar-refractivity contribution in [3.05, 3.63) is 51.5 Å². The summed E-state index contributed by atoms with van der Waals surface area (Å²) in [5, 5.41) is 7.06. The fraction of sp³-hybridized carbons (Fsp3) is 0.316. The number of aryl methyl sites for hydroxylation is 1. The van der Waals surface area contributed by atoms with Crippen molar-refractivity contribution in [1.29, 1.82) is 0 Å². The molecule has 152 valence electrons. The number of furan rings is 1. The number of ether oxygens (including phenoxy) is 1. The molecule has 0 fully saturated rings. The third kappa shape index (κ3) is 4.96. The van der Waals surface area contributed by atoms with Crippen LogP contribution in [0.4, 0.5) is 5.13 Å². The summed E-state index contributed by atoms with van der Waals surface area (Å²) < 4.78 is 11.4. The Bertz CT molecular complexity index is 1050. The van der Waals surface area contributed by atoms with Gasteiger partial charge in [-0.3, -0.25) is 9.59 Å². The lowest BCUT2D eigenvalue weighted by Crippen LogP contribution is -2.29. The van der Waals surface area contributed by atoms with Gasteiger partial charge in [0.05, 0.1) is 18.6 Å². The average Bonchev–Trinajstić information content (AvgIpc) is 3.34. The number of anilines is 1. The van der Waals surface area contributed by atoms with E-state index in [-0.39, 0.29) is 18.3 Å². The van der Waals surface area contributed by atoms with E-state index in [0.717, 1.165) is 22.4 Å². The lowest BCUT2D eigenvalue weighted by molar-refractivity contribution is -0.117. The molecule has 3 aromatic heterocycles. The van der Waals surface area contributed by atoms with Gasteiger partial charge in [-0.15, -0.1) is 0 Å². The summed E-state index contributed by atoms with van der Waals surface area (Å²) in [7, 11) is 0. The van der Waals surface area contributed by atoms with E-state index >= 15 is 0 Å². The second kappa shape index (κ2) is 9.28. The second-order valence-electron chi connectivity index (χ2n) is 6.01. The van der Waals surface area contributed by atoms with Crippen LogP contribution in [-0.2, 0) is 22.5 Å². The van der Waals surface area contributed by atoms with Crippen LogP contribution < -0.4 is 10.9 Å². The van der Waals surface area contributed by atoms with Gasteiger partial charge >= 0.3 is 5.97 Å². The molecule has 0 spiro atoms. The van der Waals surface area contributed by atoms with Crippen molar-refractivity contribution in [2.24, 2.45) is 0 Å². The molecule has 0 aromatic carbocycles. The monoisotopic (exact) mass is 416 g/mol. The number of rotatable bonds is 8. The molecule has 0 aliphatic carbocycles. The molecule has 0 radical (unpaired) electrons. The van der Waals surface area contributed by atoms with E-state index in [1.165, 1.54) is 18.4 Å². The van der Waals surface area contributed by atoms with E-state index in [4.69, 9.17) is 9.15 Å². The Balaban J connectivity index is 1.76. The first-order chi connectivity index (χ1) is 14.0. The van der Waals surface area contributed by atoms with Gasteiger partial charge in [0, 0.05) is 6.07 Å². The molecule has 9 nitrogen and oxygen atoms in total. The number of nitrogens with zero attached hydrogens (tertiary/aromatic N) is 3. The molecule has 3 aromatic rings. The van der Waals surface area contributed by atoms with Crippen molar-refractivity contribution >= 4 is 28.3 Å². The number of hydrogen-bond acceptors (Lipinski definition) is 8. The molecular weight excluding hydrogens is 396 g/mol. The molecule has 1 amide bonds. The topological polar surface area (TPSA) is 116 Å². The van der Waals surface area contributed by atoms with Crippen molar-refractivity contribution in [1.82, 2.24) is 14.8 Å². The molecule has 1 N–H and O–H groups in total. The standard InChI is InChI=1S/C19H20N4O5S/c1-3-6-13-17(18(26)27-4-2)29-19(20-13)21-15(24)11-23-16(25)9-8-12(22-23)14-7-5-10-28-14/h5,7-10H,3-4,6,11H2,1-2H3,(H,20,21,24). The summed E-state index contributed by atoms with van der Waals surface area (Å²) in [6, 6.07) is 6.26. The summed E-state index contributed by atoms with van der Waals surface area (Å²) in [6.45, 7) is 3.65. The molecular formula is C19H20N4O5S. The predicted molar refractivity (Wildman–Crippen MR) is 107 cm³/mol. The van der Waals surface area contributed by atoms with E-state index in [9.17, 15) is 14.4 Å². The van der Waals surface area contributed by atoms with E-state index in [2.05, 4.69) is 15.4 Å². The molecule has 0 bridgehead atoms. The minimum absolute atomic E-state index is 0.255. The molecule has 0 aliphatic heterocycles. The van der Waals surface area contributed by atoms with Gasteiger partial charge < -0.3 is 14.5 Å². The van der Waals surface area contributed by atoms with Crippen LogP contribution in [0.2, 0.25) is 0 Å². The first-order valence-corrected chi connectivity index (χ1v) is 9.92. The van der Waals surface area contributed by atoms with Crippen LogP contribution in [0.3, 0.4) is 0 Å². The zero-order chi connectivity index (χ0) is 20.8. The Kier molecular flexibility index (Phi) is 6.55. The van der Waals surface area contributed by atoms with Crippen LogP contribution in [0.25, 0.3) is 11.5 Å². The smallest absolute Gasteiger partial charge is 0.350 e. The Morgan fingerprint density at radius 2 is 2.10 bits per heavy atom. The van der Waals surface area contributed by atoms with E-state index < -0.39 is 17.4 Å². The van der Waals surface area contributed by atoms with Crippen LogP contribution in [0, 0.1) is 0 Å². The van der Waals surface area contributed by atoms with Crippen molar-refractivity contribution in [3.8, 4) is 11.5 Å². The van der Waals surface area contributed by atoms with Gasteiger partial charge in [-0.2, -0.15) is 5.10 Å². The maximum Gasteiger partial charge on any atom is 0.350 e. The molecule has 0 unspecified atom stereocenters. The number of amides is 1. The number of carbonyl (C=O) groups is 2. The zero-order valence-corrected chi connectivity index (χ0v) is 16.8. The highest BCUT2D eigenvalue weighted by molar-refractivity contribution is 7.17. The molecule has 0 atom stereocenters. The Hall–Kier alpha value is -3.27. The minimum atomic E-state index is -0.483.